The molecule has 0 aliphatic carbocycles. The Labute approximate surface area is 141 Å². The van der Waals surface area contributed by atoms with Crippen molar-refractivity contribution in [2.75, 3.05) is 6.61 Å². The molecule has 21 heavy (non-hydrogen) atoms. The van der Waals surface area contributed by atoms with Crippen LogP contribution >= 0.6 is 30.4 Å². The summed E-state index contributed by atoms with van der Waals surface area (Å²) in [5.41, 5.74) is -0.840. The van der Waals surface area contributed by atoms with Gasteiger partial charge in [-0.15, -0.1) is 0 Å². The van der Waals surface area contributed by atoms with Crippen LogP contribution in [0.5, 0.6) is 0 Å². The topological polar surface area (TPSA) is 73.3 Å². The van der Waals surface area contributed by atoms with Crippen molar-refractivity contribution in [3.8, 4) is 0 Å². The predicted octanol–water partition coefficient (Wildman–Crippen LogP) is 3.14. The standard InChI is InChI=1S/C10H13IN2O4S.C2H6.CH4/c1-6-4-7(5-16-18-11)17-9(6)13-3-2-8(14)12-10(13)15;1-2;/h2-3,6-7,9H,4-5H2,1H3,(H,12,14,15);1-2H3;1H4. The lowest BCUT2D eigenvalue weighted by Gasteiger charge is -2.17. The highest BCUT2D eigenvalue weighted by atomic mass is 127. The van der Waals surface area contributed by atoms with Gasteiger partial charge in [-0.05, 0) is 6.42 Å². The van der Waals surface area contributed by atoms with Crippen molar-refractivity contribution in [1.82, 2.24) is 9.55 Å². The van der Waals surface area contributed by atoms with E-state index in [0.29, 0.717) is 6.61 Å². The fourth-order valence-corrected chi connectivity index (χ4v) is 2.74. The fourth-order valence-electron chi connectivity index (χ4n) is 2.09. The van der Waals surface area contributed by atoms with E-state index in [1.165, 1.54) is 26.0 Å². The van der Waals surface area contributed by atoms with Crippen LogP contribution in [-0.2, 0) is 8.92 Å². The van der Waals surface area contributed by atoms with E-state index in [1.807, 2.05) is 42.0 Å². The van der Waals surface area contributed by atoms with Gasteiger partial charge in [0.05, 0.1) is 21.9 Å². The molecule has 0 radical (unpaired) electrons. The van der Waals surface area contributed by atoms with Crippen LogP contribution in [0.4, 0.5) is 0 Å². The molecule has 8 heteroatoms. The zero-order valence-corrected chi connectivity index (χ0v) is 14.6. The van der Waals surface area contributed by atoms with Crippen LogP contribution in [0.2, 0.25) is 0 Å². The Bertz CT molecular complexity index is 519. The fraction of sp³-hybridized carbons (Fsp3) is 0.692. The molecule has 0 saturated carbocycles. The molecule has 1 fully saturated rings. The second-order valence-electron chi connectivity index (χ2n) is 4.23. The summed E-state index contributed by atoms with van der Waals surface area (Å²) in [7, 11) is 1.27. The van der Waals surface area contributed by atoms with Gasteiger partial charge in [0, 0.05) is 39.4 Å². The van der Waals surface area contributed by atoms with E-state index in [0.717, 1.165) is 6.42 Å². The molecule has 0 amide bonds. The van der Waals surface area contributed by atoms with Crippen LogP contribution in [0, 0.1) is 5.92 Å². The zero-order valence-electron chi connectivity index (χ0n) is 11.7. The first-order valence-electron chi connectivity index (χ1n) is 6.49. The zero-order chi connectivity index (χ0) is 15.1. The van der Waals surface area contributed by atoms with Gasteiger partial charge in [0.15, 0.2) is 0 Å². The Kier molecular flexibility index (Phi) is 10.3. The Morgan fingerprint density at radius 2 is 2.19 bits per heavy atom. The molecule has 1 aromatic heterocycles. The molecule has 3 atom stereocenters. The maximum absolute atomic E-state index is 11.7. The molecule has 1 aliphatic rings. The van der Waals surface area contributed by atoms with Gasteiger partial charge in [0.1, 0.15) is 6.23 Å². The van der Waals surface area contributed by atoms with Crippen LogP contribution in [0.3, 0.4) is 0 Å². The first-order valence-corrected chi connectivity index (χ1v) is 9.77. The number of nitrogens with zero attached hydrogens (tertiary/aromatic N) is 1. The van der Waals surface area contributed by atoms with E-state index in [2.05, 4.69) is 4.98 Å². The molecule has 2 heterocycles. The second-order valence-corrected chi connectivity index (χ2v) is 5.67. The molecule has 122 valence electrons. The van der Waals surface area contributed by atoms with Crippen molar-refractivity contribution in [2.45, 2.75) is 47.0 Å². The Morgan fingerprint density at radius 1 is 1.52 bits per heavy atom. The van der Waals surface area contributed by atoms with E-state index >= 15 is 0 Å². The summed E-state index contributed by atoms with van der Waals surface area (Å²) in [4.78, 5) is 24.9. The van der Waals surface area contributed by atoms with Gasteiger partial charge >= 0.3 is 5.69 Å². The number of H-pyrrole nitrogens is 1. The minimum absolute atomic E-state index is 0. The minimum Gasteiger partial charge on any atom is -0.352 e. The molecule has 3 unspecified atom stereocenters. The lowest BCUT2D eigenvalue weighted by atomic mass is 10.1. The largest absolute Gasteiger partial charge is 0.352 e. The van der Waals surface area contributed by atoms with Crippen molar-refractivity contribution in [2.24, 2.45) is 5.92 Å². The number of hydrogen-bond acceptors (Lipinski definition) is 5. The SMILES string of the molecule is C.CC.CC1CC(COSI)OC1n1ccc(=O)[nH]c1=O. The highest BCUT2D eigenvalue weighted by Gasteiger charge is 2.34. The van der Waals surface area contributed by atoms with Crippen molar-refractivity contribution in [3.05, 3.63) is 33.1 Å². The third-order valence-corrected chi connectivity index (χ3v) is 3.87. The lowest BCUT2D eigenvalue weighted by Crippen LogP contribution is -2.33. The molecule has 0 bridgehead atoms. The van der Waals surface area contributed by atoms with Gasteiger partial charge in [-0.3, -0.25) is 14.3 Å². The number of hydrogen-bond donors (Lipinski definition) is 1. The average molecular weight is 430 g/mol. The van der Waals surface area contributed by atoms with E-state index in [1.54, 1.807) is 0 Å². The number of aromatic nitrogens is 2. The molecule has 0 spiro atoms. The highest BCUT2D eigenvalue weighted by Crippen LogP contribution is 2.33. The normalized spacial score (nSPS) is 23.9. The van der Waals surface area contributed by atoms with E-state index in [4.69, 9.17) is 8.92 Å². The van der Waals surface area contributed by atoms with E-state index < -0.39 is 11.2 Å². The molecule has 1 aromatic rings. The maximum Gasteiger partial charge on any atom is 0.330 e. The van der Waals surface area contributed by atoms with Crippen LogP contribution < -0.4 is 11.2 Å². The molecular weight excluding hydrogens is 407 g/mol. The minimum atomic E-state index is -0.441. The van der Waals surface area contributed by atoms with Crippen molar-refractivity contribution >= 4 is 30.4 Å². The van der Waals surface area contributed by atoms with E-state index in [-0.39, 0.29) is 25.7 Å². The van der Waals surface area contributed by atoms with Crippen molar-refractivity contribution in [3.63, 3.8) is 0 Å². The lowest BCUT2D eigenvalue weighted by molar-refractivity contribution is -0.0268. The van der Waals surface area contributed by atoms with Crippen LogP contribution in [0.25, 0.3) is 0 Å². The quantitative estimate of drug-likeness (QED) is 0.587. The summed E-state index contributed by atoms with van der Waals surface area (Å²) >= 11 is 2.05. The maximum atomic E-state index is 11.7. The van der Waals surface area contributed by atoms with Gasteiger partial charge in [-0.25, -0.2) is 4.79 Å². The Morgan fingerprint density at radius 3 is 2.76 bits per heavy atom. The molecule has 1 saturated heterocycles. The van der Waals surface area contributed by atoms with Crippen LogP contribution in [0.15, 0.2) is 21.9 Å². The van der Waals surface area contributed by atoms with Gasteiger partial charge in [-0.2, -0.15) is 0 Å². The summed E-state index contributed by atoms with van der Waals surface area (Å²) in [6.07, 6.45) is 1.93. The molecule has 1 N–H and O–H groups in total. The monoisotopic (exact) mass is 430 g/mol. The van der Waals surface area contributed by atoms with Gasteiger partial charge in [0.25, 0.3) is 5.56 Å². The number of halogens is 1. The second kappa shape index (κ2) is 10.4. The summed E-state index contributed by atoms with van der Waals surface area (Å²) in [5, 5.41) is 0. The molecule has 0 aromatic carbocycles. The predicted molar refractivity (Wildman–Crippen MR) is 94.7 cm³/mol. The first-order chi connectivity index (χ1) is 9.61. The van der Waals surface area contributed by atoms with Gasteiger partial charge < -0.3 is 8.92 Å². The average Bonchev–Trinajstić information content (AvgIpc) is 2.80. The number of rotatable bonds is 4. The summed E-state index contributed by atoms with van der Waals surface area (Å²) in [6, 6.07) is 1.32. The van der Waals surface area contributed by atoms with Crippen molar-refractivity contribution < 1.29 is 8.92 Å². The van der Waals surface area contributed by atoms with Crippen LogP contribution in [-0.4, -0.2) is 22.3 Å². The van der Waals surface area contributed by atoms with E-state index in [9.17, 15) is 9.59 Å². The summed E-state index contributed by atoms with van der Waals surface area (Å²) in [6.45, 7) is 6.51. The van der Waals surface area contributed by atoms with Crippen molar-refractivity contribution in [1.29, 1.82) is 0 Å². The molecule has 6 nitrogen and oxygen atoms in total. The molecule has 2 rings (SSSR count). The number of nitrogens with one attached hydrogen (secondary N) is 1. The molecule has 1 aliphatic heterocycles. The number of ether oxygens (including phenoxy) is 1. The third-order valence-electron chi connectivity index (χ3n) is 2.88. The van der Waals surface area contributed by atoms with Gasteiger partial charge in [0.2, 0.25) is 0 Å². The first kappa shape index (κ1) is 20.7. The Balaban J connectivity index is 0.00000128. The highest BCUT2D eigenvalue weighted by molar-refractivity contribution is 14.2. The third kappa shape index (κ3) is 5.76. The summed E-state index contributed by atoms with van der Waals surface area (Å²) in [5.74, 6) is 0.196. The molecular formula is C13H23IN2O4S. The smallest absolute Gasteiger partial charge is 0.330 e. The van der Waals surface area contributed by atoms with Gasteiger partial charge in [-0.1, -0.05) is 28.2 Å². The van der Waals surface area contributed by atoms with Crippen LogP contribution in [0.1, 0.15) is 40.8 Å². The Hall–Kier alpha value is -0.320. The summed E-state index contributed by atoms with van der Waals surface area (Å²) < 4.78 is 12.4. The number of aromatic amines is 1.